The summed E-state index contributed by atoms with van der Waals surface area (Å²) in [4.78, 5) is 39.8. The maximum Gasteiger partial charge on any atom is 0.337 e. The van der Waals surface area contributed by atoms with Crippen LogP contribution < -0.4 is 5.32 Å². The van der Waals surface area contributed by atoms with Crippen molar-refractivity contribution >= 4 is 121 Å². The minimum absolute atomic E-state index is 0.0495. The highest BCUT2D eigenvalue weighted by molar-refractivity contribution is 9.15. The first-order valence-corrected chi connectivity index (χ1v) is 12.7. The zero-order valence-corrected chi connectivity index (χ0v) is 22.3. The van der Waals surface area contributed by atoms with Crippen molar-refractivity contribution in [1.82, 2.24) is 4.98 Å². The van der Waals surface area contributed by atoms with E-state index in [4.69, 9.17) is 5.11 Å². The zero-order valence-electron chi connectivity index (χ0n) is 14.3. The molecule has 0 saturated carbocycles. The Labute approximate surface area is 211 Å². The van der Waals surface area contributed by atoms with Crippen molar-refractivity contribution in [3.05, 3.63) is 47.2 Å². The minimum atomic E-state index is -1.26. The van der Waals surface area contributed by atoms with Crippen molar-refractivity contribution in [2.45, 2.75) is 4.34 Å². The standard InChI is InChI=1S/C17H8Br4N2O5S2/c18-11-9(10(16(27)28)12(19)14(21)13(11)20)15(26)22-5-1-2-6-7(3-5)30-17(23-6)29-4-8(24)25/h1-3H,4H2,(H,22,26)(H,24,25)(H,27,28). The van der Waals surface area contributed by atoms with Gasteiger partial charge in [0, 0.05) is 23.6 Å². The van der Waals surface area contributed by atoms with Gasteiger partial charge in [0.05, 0.1) is 27.1 Å². The van der Waals surface area contributed by atoms with Gasteiger partial charge in [-0.1, -0.05) is 11.8 Å². The van der Waals surface area contributed by atoms with Crippen LogP contribution in [0.3, 0.4) is 0 Å². The second-order valence-electron chi connectivity index (χ2n) is 5.61. The Balaban J connectivity index is 1.95. The smallest absolute Gasteiger partial charge is 0.337 e. The number of rotatable bonds is 6. The summed E-state index contributed by atoms with van der Waals surface area (Å²) in [5.74, 6) is -2.90. The molecule has 3 N–H and O–H groups in total. The molecule has 0 unspecified atom stereocenters. The number of carbonyl (C=O) groups excluding carboxylic acids is 1. The average molecular weight is 704 g/mol. The summed E-state index contributed by atoms with van der Waals surface area (Å²) in [6, 6.07) is 5.04. The molecule has 156 valence electrons. The third-order valence-corrected chi connectivity index (χ3v) is 10.6. The van der Waals surface area contributed by atoms with Crippen LogP contribution in [0.25, 0.3) is 10.2 Å². The fourth-order valence-electron chi connectivity index (χ4n) is 2.41. The quantitative estimate of drug-likeness (QED) is 0.153. The number of anilines is 1. The molecule has 30 heavy (non-hydrogen) atoms. The van der Waals surface area contributed by atoms with Gasteiger partial charge in [-0.05, 0) is 81.9 Å². The number of carbonyl (C=O) groups is 3. The number of amides is 1. The molecule has 0 aliphatic rings. The minimum Gasteiger partial charge on any atom is -0.481 e. The largest absolute Gasteiger partial charge is 0.481 e. The van der Waals surface area contributed by atoms with Crippen molar-refractivity contribution in [1.29, 1.82) is 0 Å². The maximum atomic E-state index is 13.0. The van der Waals surface area contributed by atoms with E-state index in [1.807, 2.05) is 0 Å². The van der Waals surface area contributed by atoms with Crippen molar-refractivity contribution < 1.29 is 24.6 Å². The molecule has 0 fully saturated rings. The Hall–Kier alpha value is -0.990. The summed E-state index contributed by atoms with van der Waals surface area (Å²) < 4.78 is 2.83. The van der Waals surface area contributed by atoms with Crippen LogP contribution in [0.4, 0.5) is 5.69 Å². The molecule has 7 nitrogen and oxygen atoms in total. The summed E-state index contributed by atoms with van der Waals surface area (Å²) >= 11 is 15.6. The molecule has 2 aromatic carbocycles. The fourth-order valence-corrected chi connectivity index (χ4v) is 6.70. The molecular weight excluding hydrogens is 696 g/mol. The lowest BCUT2D eigenvalue weighted by Crippen LogP contribution is -2.18. The molecule has 3 aromatic rings. The summed E-state index contributed by atoms with van der Waals surface area (Å²) in [5.41, 5.74) is 0.879. The molecule has 1 heterocycles. The second kappa shape index (κ2) is 9.65. The predicted octanol–water partition coefficient (Wildman–Crippen LogP) is 6.47. The molecule has 13 heteroatoms. The third-order valence-electron chi connectivity index (χ3n) is 3.65. The van der Waals surface area contributed by atoms with Crippen LogP contribution in [0.15, 0.2) is 40.4 Å². The van der Waals surface area contributed by atoms with Gasteiger partial charge < -0.3 is 15.5 Å². The van der Waals surface area contributed by atoms with Gasteiger partial charge in [0.25, 0.3) is 5.91 Å². The Morgan fingerprint density at radius 3 is 2.23 bits per heavy atom. The van der Waals surface area contributed by atoms with Gasteiger partial charge in [-0.3, -0.25) is 9.59 Å². The van der Waals surface area contributed by atoms with Gasteiger partial charge in [-0.2, -0.15) is 0 Å². The van der Waals surface area contributed by atoms with Crippen LogP contribution in [0.5, 0.6) is 0 Å². The molecule has 0 bridgehead atoms. The van der Waals surface area contributed by atoms with E-state index in [9.17, 15) is 19.5 Å². The summed E-state index contributed by atoms with van der Waals surface area (Å²) in [6.07, 6.45) is 0. The number of fused-ring (bicyclic) bond motifs is 1. The Morgan fingerprint density at radius 2 is 1.63 bits per heavy atom. The van der Waals surface area contributed by atoms with Gasteiger partial charge in [0.15, 0.2) is 4.34 Å². The third kappa shape index (κ3) is 4.91. The van der Waals surface area contributed by atoms with Gasteiger partial charge >= 0.3 is 11.9 Å². The monoisotopic (exact) mass is 700 g/mol. The molecule has 0 radical (unpaired) electrons. The van der Waals surface area contributed by atoms with Crippen LogP contribution in [-0.2, 0) is 4.79 Å². The lowest BCUT2D eigenvalue weighted by Gasteiger charge is -2.14. The molecule has 0 aliphatic carbocycles. The van der Waals surface area contributed by atoms with E-state index in [-0.39, 0.29) is 21.4 Å². The molecule has 1 amide bonds. The Bertz CT molecular complexity index is 1210. The van der Waals surface area contributed by atoms with Crippen molar-refractivity contribution in [2.75, 3.05) is 11.1 Å². The number of halogens is 4. The highest BCUT2D eigenvalue weighted by Gasteiger charge is 2.28. The summed E-state index contributed by atoms with van der Waals surface area (Å²) in [7, 11) is 0. The van der Waals surface area contributed by atoms with E-state index in [0.29, 0.717) is 29.0 Å². The Morgan fingerprint density at radius 1 is 1.00 bits per heavy atom. The number of benzene rings is 2. The normalized spacial score (nSPS) is 10.9. The Kier molecular flexibility index (Phi) is 7.62. The van der Waals surface area contributed by atoms with Crippen LogP contribution in [-0.4, -0.2) is 38.8 Å². The van der Waals surface area contributed by atoms with Gasteiger partial charge in [-0.15, -0.1) is 11.3 Å². The number of carboxylic acids is 2. The van der Waals surface area contributed by atoms with Crippen molar-refractivity contribution in [3.8, 4) is 0 Å². The van der Waals surface area contributed by atoms with E-state index in [2.05, 4.69) is 74.0 Å². The second-order valence-corrected chi connectivity index (χ2v) is 11.0. The maximum absolute atomic E-state index is 13.0. The predicted molar refractivity (Wildman–Crippen MR) is 130 cm³/mol. The number of nitrogens with one attached hydrogen (secondary N) is 1. The van der Waals surface area contributed by atoms with Crippen molar-refractivity contribution in [2.24, 2.45) is 0 Å². The number of thioether (sulfide) groups is 1. The van der Waals surface area contributed by atoms with Crippen LogP contribution >= 0.6 is 86.8 Å². The number of carboxylic acid groups (broad SMARTS) is 2. The molecule has 0 atom stereocenters. The highest BCUT2D eigenvalue weighted by atomic mass is 79.9. The number of aromatic carboxylic acids is 1. The lowest BCUT2D eigenvalue weighted by molar-refractivity contribution is -0.133. The number of nitrogens with zero attached hydrogens (tertiary/aromatic N) is 1. The molecule has 0 aliphatic heterocycles. The summed E-state index contributed by atoms with van der Waals surface area (Å²) in [5, 5.41) is 21.1. The number of thiazole rings is 1. The van der Waals surface area contributed by atoms with Crippen LogP contribution in [0.2, 0.25) is 0 Å². The zero-order chi connectivity index (χ0) is 22.2. The van der Waals surface area contributed by atoms with Crippen LogP contribution in [0, 0.1) is 0 Å². The van der Waals surface area contributed by atoms with E-state index >= 15 is 0 Å². The van der Waals surface area contributed by atoms with Crippen LogP contribution in [0.1, 0.15) is 20.7 Å². The SMILES string of the molecule is O=C(O)CSc1nc2ccc(NC(=O)c3c(Br)c(Br)c(Br)c(Br)c3C(=O)O)cc2s1. The van der Waals surface area contributed by atoms with E-state index in [0.717, 1.165) is 16.5 Å². The highest BCUT2D eigenvalue weighted by Crippen LogP contribution is 2.42. The van der Waals surface area contributed by atoms with Gasteiger partial charge in [0.1, 0.15) is 0 Å². The number of aliphatic carboxylic acids is 1. The van der Waals surface area contributed by atoms with E-state index < -0.39 is 17.8 Å². The first kappa shape index (κ1) is 23.7. The molecule has 1 aromatic heterocycles. The first-order valence-electron chi connectivity index (χ1n) is 7.76. The van der Waals surface area contributed by atoms with E-state index in [1.165, 1.54) is 11.3 Å². The van der Waals surface area contributed by atoms with Crippen molar-refractivity contribution in [3.63, 3.8) is 0 Å². The lowest BCUT2D eigenvalue weighted by atomic mass is 10.1. The average Bonchev–Trinajstić information content (AvgIpc) is 3.09. The van der Waals surface area contributed by atoms with Gasteiger partial charge in [-0.25, -0.2) is 9.78 Å². The van der Waals surface area contributed by atoms with Gasteiger partial charge in [0.2, 0.25) is 0 Å². The van der Waals surface area contributed by atoms with E-state index in [1.54, 1.807) is 18.2 Å². The number of hydrogen-bond donors (Lipinski definition) is 3. The number of hydrogen-bond acceptors (Lipinski definition) is 6. The summed E-state index contributed by atoms with van der Waals surface area (Å²) in [6.45, 7) is 0. The number of aromatic nitrogens is 1. The molecule has 0 saturated heterocycles. The molecular formula is C17H8Br4N2O5S2. The molecule has 3 rings (SSSR count). The first-order chi connectivity index (χ1) is 14.1. The topological polar surface area (TPSA) is 117 Å². The fraction of sp³-hybridized carbons (Fsp3) is 0.0588. The molecule has 0 spiro atoms.